The first kappa shape index (κ1) is 27.7. The Balaban J connectivity index is 1.68. The van der Waals surface area contributed by atoms with Gasteiger partial charge in [0.2, 0.25) is 0 Å². The molecule has 2 N–H and O–H groups in total. The van der Waals surface area contributed by atoms with Gasteiger partial charge in [-0.1, -0.05) is 71.2 Å². The summed E-state index contributed by atoms with van der Waals surface area (Å²) in [6, 6.07) is 18.6. The molecule has 0 aliphatic heterocycles. The number of nitrogens with zero attached hydrogens (tertiary/aromatic N) is 1. The van der Waals surface area contributed by atoms with Crippen LogP contribution in [0, 0.1) is 5.92 Å². The van der Waals surface area contributed by atoms with Crippen LogP contribution in [-0.2, 0) is 11.4 Å². The molecule has 0 aromatic heterocycles. The Morgan fingerprint density at radius 2 is 1.78 bits per heavy atom. The Labute approximate surface area is 229 Å². The molecule has 0 saturated heterocycles. The monoisotopic (exact) mass is 589 g/mol. The van der Waals surface area contributed by atoms with E-state index in [0.717, 1.165) is 10.0 Å². The molecule has 1 atom stereocenters. The molecule has 0 fully saturated rings. The maximum Gasteiger partial charge on any atom is 0.262 e. The number of halogens is 3. The van der Waals surface area contributed by atoms with E-state index in [4.69, 9.17) is 27.9 Å². The van der Waals surface area contributed by atoms with E-state index in [2.05, 4.69) is 31.8 Å². The lowest BCUT2D eigenvalue weighted by Crippen LogP contribution is -2.46. The highest BCUT2D eigenvalue weighted by molar-refractivity contribution is 9.10. The number of carbonyl (C=O) groups is 2. The van der Waals surface area contributed by atoms with E-state index in [1.165, 1.54) is 6.21 Å². The summed E-state index contributed by atoms with van der Waals surface area (Å²) < 4.78 is 6.78. The van der Waals surface area contributed by atoms with Crippen molar-refractivity contribution in [2.24, 2.45) is 11.0 Å². The van der Waals surface area contributed by atoms with Gasteiger partial charge in [-0.3, -0.25) is 9.59 Å². The third-order valence-corrected chi connectivity index (χ3v) is 6.24. The molecule has 9 heteroatoms. The number of hydrogen-bond acceptors (Lipinski definition) is 4. The van der Waals surface area contributed by atoms with Gasteiger partial charge in [-0.15, -0.1) is 0 Å². The van der Waals surface area contributed by atoms with E-state index in [0.29, 0.717) is 33.3 Å². The molecule has 0 aliphatic carbocycles. The van der Waals surface area contributed by atoms with Gasteiger partial charge in [0.1, 0.15) is 18.4 Å². The summed E-state index contributed by atoms with van der Waals surface area (Å²) in [7, 11) is 0. The second-order valence-electron chi connectivity index (χ2n) is 8.46. The van der Waals surface area contributed by atoms with Crippen molar-refractivity contribution in [3.8, 4) is 5.75 Å². The van der Waals surface area contributed by atoms with Crippen molar-refractivity contribution in [1.82, 2.24) is 10.7 Å². The van der Waals surface area contributed by atoms with Crippen LogP contribution in [0.25, 0.3) is 0 Å². The zero-order valence-corrected chi connectivity index (χ0v) is 22.9. The summed E-state index contributed by atoms with van der Waals surface area (Å²) in [4.78, 5) is 25.5. The van der Waals surface area contributed by atoms with Gasteiger partial charge in [-0.25, -0.2) is 5.43 Å². The average Bonchev–Trinajstić information content (AvgIpc) is 2.84. The molecule has 2 amide bonds. The molecule has 3 aromatic carbocycles. The largest absolute Gasteiger partial charge is 0.488 e. The highest BCUT2D eigenvalue weighted by atomic mass is 79.9. The summed E-state index contributed by atoms with van der Waals surface area (Å²) in [5, 5.41) is 8.05. The van der Waals surface area contributed by atoms with Gasteiger partial charge in [0, 0.05) is 31.2 Å². The first-order chi connectivity index (χ1) is 17.2. The van der Waals surface area contributed by atoms with Crippen LogP contribution < -0.4 is 15.5 Å². The van der Waals surface area contributed by atoms with Crippen LogP contribution in [0.2, 0.25) is 10.0 Å². The third kappa shape index (κ3) is 8.36. The fourth-order valence-electron chi connectivity index (χ4n) is 3.31. The molecule has 36 heavy (non-hydrogen) atoms. The molecule has 3 rings (SSSR count). The van der Waals surface area contributed by atoms with Crippen LogP contribution in [0.5, 0.6) is 5.75 Å². The van der Waals surface area contributed by atoms with Crippen LogP contribution in [-0.4, -0.2) is 24.1 Å². The highest BCUT2D eigenvalue weighted by Crippen LogP contribution is 2.24. The van der Waals surface area contributed by atoms with Crippen molar-refractivity contribution in [3.63, 3.8) is 0 Å². The molecule has 0 aliphatic rings. The molecule has 3 aromatic rings. The smallest absolute Gasteiger partial charge is 0.262 e. The number of carbonyl (C=O) groups excluding carboxylic acids is 2. The average molecular weight is 591 g/mol. The summed E-state index contributed by atoms with van der Waals surface area (Å²) >= 11 is 15.6. The lowest BCUT2D eigenvalue weighted by Gasteiger charge is -2.19. The zero-order chi connectivity index (χ0) is 26.1. The predicted octanol–water partition coefficient (Wildman–Crippen LogP) is 6.63. The molecule has 0 radical (unpaired) electrons. The van der Waals surface area contributed by atoms with E-state index in [-0.39, 0.29) is 18.4 Å². The van der Waals surface area contributed by atoms with Gasteiger partial charge in [-0.2, -0.15) is 5.10 Å². The van der Waals surface area contributed by atoms with Crippen molar-refractivity contribution in [1.29, 1.82) is 0 Å². The normalized spacial score (nSPS) is 11.9. The predicted molar refractivity (Wildman–Crippen MR) is 148 cm³/mol. The standard InChI is InChI=1S/C27H26BrCl2N3O3/c1-17(2)13-24(32-26(34)18-7-10-22(29)11-8-18)27(35)33-31-15-20-14-21(28)9-12-25(20)36-16-19-5-3-4-6-23(19)30/h3-12,14-15,17,24H,13,16H2,1-2H3,(H,32,34)(H,33,35)/b31-15+. The van der Waals surface area contributed by atoms with Gasteiger partial charge >= 0.3 is 0 Å². The Kier molecular flexibility index (Phi) is 10.3. The summed E-state index contributed by atoms with van der Waals surface area (Å²) in [6.45, 7) is 4.23. The molecule has 0 bridgehead atoms. The van der Waals surface area contributed by atoms with Crippen LogP contribution in [0.15, 0.2) is 76.3 Å². The minimum absolute atomic E-state index is 0.171. The molecule has 0 saturated carbocycles. The molecule has 188 valence electrons. The van der Waals surface area contributed by atoms with Crippen LogP contribution in [0.3, 0.4) is 0 Å². The van der Waals surface area contributed by atoms with Crippen LogP contribution in [0.4, 0.5) is 0 Å². The van der Waals surface area contributed by atoms with Gasteiger partial charge < -0.3 is 10.1 Å². The second kappa shape index (κ2) is 13.4. The third-order valence-electron chi connectivity index (χ3n) is 5.13. The number of nitrogens with one attached hydrogen (secondary N) is 2. The number of hydrazone groups is 1. The second-order valence-corrected chi connectivity index (χ2v) is 10.2. The van der Waals surface area contributed by atoms with Gasteiger partial charge in [-0.05, 0) is 60.9 Å². The number of ether oxygens (including phenoxy) is 1. The van der Waals surface area contributed by atoms with Crippen molar-refractivity contribution in [2.45, 2.75) is 32.9 Å². The minimum atomic E-state index is -0.760. The highest BCUT2D eigenvalue weighted by Gasteiger charge is 2.22. The number of rotatable bonds is 10. The summed E-state index contributed by atoms with van der Waals surface area (Å²) in [5.41, 5.74) is 4.46. The van der Waals surface area contributed by atoms with Gasteiger partial charge in [0.15, 0.2) is 0 Å². The fraction of sp³-hybridized carbons (Fsp3) is 0.222. The van der Waals surface area contributed by atoms with E-state index in [1.807, 2.05) is 44.2 Å². The summed E-state index contributed by atoms with van der Waals surface area (Å²) in [6.07, 6.45) is 1.95. The zero-order valence-electron chi connectivity index (χ0n) is 19.8. The van der Waals surface area contributed by atoms with E-state index in [1.54, 1.807) is 36.4 Å². The van der Waals surface area contributed by atoms with Crippen molar-refractivity contribution in [2.75, 3.05) is 0 Å². The van der Waals surface area contributed by atoms with E-state index < -0.39 is 11.9 Å². The maximum atomic E-state index is 12.9. The number of amides is 2. The number of benzene rings is 3. The van der Waals surface area contributed by atoms with Gasteiger partial charge in [0.05, 0.1) is 6.21 Å². The molecule has 0 spiro atoms. The van der Waals surface area contributed by atoms with E-state index >= 15 is 0 Å². The minimum Gasteiger partial charge on any atom is -0.488 e. The van der Waals surface area contributed by atoms with Crippen molar-refractivity contribution < 1.29 is 14.3 Å². The van der Waals surface area contributed by atoms with Crippen molar-refractivity contribution >= 4 is 57.2 Å². The number of hydrogen-bond donors (Lipinski definition) is 2. The Bertz CT molecular complexity index is 1230. The molecular formula is C27H26BrCl2N3O3. The van der Waals surface area contributed by atoms with Crippen molar-refractivity contribution in [3.05, 3.63) is 97.9 Å². The van der Waals surface area contributed by atoms with Crippen LogP contribution in [0.1, 0.15) is 41.8 Å². The Morgan fingerprint density at radius 3 is 2.47 bits per heavy atom. The molecular weight excluding hydrogens is 565 g/mol. The maximum absolute atomic E-state index is 12.9. The van der Waals surface area contributed by atoms with E-state index in [9.17, 15) is 9.59 Å². The van der Waals surface area contributed by atoms with Gasteiger partial charge in [0.25, 0.3) is 11.8 Å². The topological polar surface area (TPSA) is 79.8 Å². The van der Waals surface area contributed by atoms with Crippen LogP contribution >= 0.6 is 39.1 Å². The Hall–Kier alpha value is -2.87. The first-order valence-corrected chi connectivity index (χ1v) is 12.8. The summed E-state index contributed by atoms with van der Waals surface area (Å²) in [5.74, 6) is -0.0366. The SMILES string of the molecule is CC(C)CC(NC(=O)c1ccc(Cl)cc1)C(=O)N/N=C/c1cc(Br)ccc1OCc1ccccc1Cl. The quantitative estimate of drug-likeness (QED) is 0.205. The molecule has 1 unspecified atom stereocenters. The lowest BCUT2D eigenvalue weighted by molar-refractivity contribution is -0.123. The fourth-order valence-corrected chi connectivity index (χ4v) is 4.01. The molecule has 0 heterocycles. The Morgan fingerprint density at radius 1 is 1.06 bits per heavy atom. The molecule has 6 nitrogen and oxygen atoms in total. The lowest BCUT2D eigenvalue weighted by atomic mass is 10.0. The first-order valence-electron chi connectivity index (χ1n) is 11.3.